The second kappa shape index (κ2) is 10.2. The van der Waals surface area contributed by atoms with Gasteiger partial charge in [-0.3, -0.25) is 9.59 Å². The highest BCUT2D eigenvalue weighted by atomic mass is 16.6. The van der Waals surface area contributed by atoms with Crippen molar-refractivity contribution in [3.8, 4) is 0 Å². The molecule has 5 atom stereocenters. The van der Waals surface area contributed by atoms with Crippen LogP contribution in [0.15, 0.2) is 35.5 Å². The lowest BCUT2D eigenvalue weighted by Gasteiger charge is -2.44. The zero-order valence-corrected chi connectivity index (χ0v) is 17.5. The quantitative estimate of drug-likeness (QED) is 0.140. The monoisotopic (exact) mass is 426 g/mol. The summed E-state index contributed by atoms with van der Waals surface area (Å²) < 4.78 is 4.80. The molecule has 1 aliphatic rings. The molecule has 0 aromatic carbocycles. The smallest absolute Gasteiger partial charge is 0.331 e. The number of esters is 1. The summed E-state index contributed by atoms with van der Waals surface area (Å²) in [5, 5.41) is 48.7. The Bertz CT molecular complexity index is 750. The molecule has 0 radical (unpaired) electrons. The number of allylic oxidation sites excluding steroid dienone is 3. The van der Waals surface area contributed by atoms with Crippen molar-refractivity contribution in [2.24, 2.45) is 5.41 Å². The highest BCUT2D eigenvalue weighted by Crippen LogP contribution is 2.44. The Hall–Kier alpha value is -2.17. The van der Waals surface area contributed by atoms with Gasteiger partial charge in [-0.2, -0.15) is 0 Å². The fourth-order valence-electron chi connectivity index (χ4n) is 3.23. The highest BCUT2D eigenvalue weighted by molar-refractivity contribution is 5.92. The van der Waals surface area contributed by atoms with Crippen LogP contribution in [0.25, 0.3) is 0 Å². The van der Waals surface area contributed by atoms with Crippen LogP contribution in [0.3, 0.4) is 0 Å². The third-order valence-electron chi connectivity index (χ3n) is 5.21. The minimum absolute atomic E-state index is 0.0848. The molecule has 0 aromatic rings. The lowest BCUT2D eigenvalue weighted by molar-refractivity contribution is -0.163. The first-order chi connectivity index (χ1) is 13.8. The molecule has 30 heavy (non-hydrogen) atoms. The number of rotatable bonds is 9. The number of ketones is 1. The first kappa shape index (κ1) is 25.9. The van der Waals surface area contributed by atoms with Crippen molar-refractivity contribution < 1.29 is 44.7 Å². The van der Waals surface area contributed by atoms with E-state index in [1.165, 1.54) is 25.2 Å². The lowest BCUT2D eigenvalue weighted by atomic mass is 9.64. The molecule has 0 bridgehead atoms. The van der Waals surface area contributed by atoms with Crippen molar-refractivity contribution in [1.29, 1.82) is 0 Å². The molecule has 0 aliphatic heterocycles. The van der Waals surface area contributed by atoms with E-state index in [0.717, 1.165) is 6.08 Å². The van der Waals surface area contributed by atoms with Gasteiger partial charge in [-0.15, -0.1) is 0 Å². The Morgan fingerprint density at radius 2 is 1.87 bits per heavy atom. The number of aldehydes is 1. The Kier molecular flexibility index (Phi) is 8.82. The number of hydrogen-bond donors (Lipinski definition) is 5. The molecular weight excluding hydrogens is 396 g/mol. The van der Waals surface area contributed by atoms with Gasteiger partial charge in [0.25, 0.3) is 0 Å². The van der Waals surface area contributed by atoms with E-state index >= 15 is 0 Å². The molecule has 9 heteroatoms. The number of ether oxygens (including phenoxy) is 1. The molecule has 1 unspecified atom stereocenters. The largest absolute Gasteiger partial charge is 0.449 e. The molecule has 5 N–H and O–H groups in total. The Morgan fingerprint density at radius 1 is 1.27 bits per heavy atom. The van der Waals surface area contributed by atoms with E-state index in [2.05, 4.69) is 0 Å². The molecule has 0 saturated carbocycles. The van der Waals surface area contributed by atoms with Crippen LogP contribution < -0.4 is 0 Å². The highest BCUT2D eigenvalue weighted by Gasteiger charge is 2.46. The van der Waals surface area contributed by atoms with Crippen LogP contribution >= 0.6 is 0 Å². The van der Waals surface area contributed by atoms with E-state index in [1.54, 1.807) is 20.8 Å². The van der Waals surface area contributed by atoms with Gasteiger partial charge in [0.1, 0.15) is 23.9 Å². The number of carbonyl (C=O) groups is 3. The van der Waals surface area contributed by atoms with Crippen molar-refractivity contribution in [3.05, 3.63) is 35.5 Å². The van der Waals surface area contributed by atoms with Gasteiger partial charge in [0.15, 0.2) is 18.2 Å². The minimum atomic E-state index is -1.94. The molecule has 0 aromatic heterocycles. The zero-order chi connectivity index (χ0) is 23.3. The maximum Gasteiger partial charge on any atom is 0.331 e. The van der Waals surface area contributed by atoms with Gasteiger partial charge in [0, 0.05) is 17.9 Å². The van der Waals surface area contributed by atoms with E-state index in [9.17, 15) is 34.8 Å². The Labute approximate surface area is 175 Å². The summed E-state index contributed by atoms with van der Waals surface area (Å²) in [6.07, 6.45) is -1.75. The van der Waals surface area contributed by atoms with Crippen molar-refractivity contribution in [2.45, 2.75) is 64.1 Å². The van der Waals surface area contributed by atoms with E-state index in [0.29, 0.717) is 11.1 Å². The minimum Gasteiger partial charge on any atom is -0.449 e. The molecule has 0 saturated heterocycles. The van der Waals surface area contributed by atoms with Crippen LogP contribution in [-0.2, 0) is 19.1 Å². The molecule has 1 aliphatic carbocycles. The predicted molar refractivity (Wildman–Crippen MR) is 106 cm³/mol. The van der Waals surface area contributed by atoms with Crippen LogP contribution in [0.2, 0.25) is 0 Å². The molecule has 0 amide bonds. The fourth-order valence-corrected chi connectivity index (χ4v) is 3.23. The molecule has 1 rings (SSSR count). The molecule has 0 spiro atoms. The van der Waals surface area contributed by atoms with Crippen LogP contribution in [0.1, 0.15) is 34.1 Å². The van der Waals surface area contributed by atoms with E-state index in [1.807, 2.05) is 0 Å². The molecule has 9 nitrogen and oxygen atoms in total. The summed E-state index contributed by atoms with van der Waals surface area (Å²) in [6.45, 7) is 5.82. The maximum atomic E-state index is 12.0. The first-order valence-corrected chi connectivity index (χ1v) is 9.41. The third-order valence-corrected chi connectivity index (χ3v) is 5.21. The summed E-state index contributed by atoms with van der Waals surface area (Å²) in [4.78, 5) is 34.9. The second-order valence-corrected chi connectivity index (χ2v) is 8.11. The predicted octanol–water partition coefficient (Wildman–Crippen LogP) is -0.649. The van der Waals surface area contributed by atoms with Gasteiger partial charge in [-0.25, -0.2) is 4.79 Å². The lowest BCUT2D eigenvalue weighted by Crippen LogP contribution is -2.48. The van der Waals surface area contributed by atoms with Gasteiger partial charge >= 0.3 is 5.97 Å². The van der Waals surface area contributed by atoms with Gasteiger partial charge in [0.2, 0.25) is 0 Å². The fraction of sp³-hybridized carbons (Fsp3) is 0.571. The summed E-state index contributed by atoms with van der Waals surface area (Å²) in [5.41, 5.74) is -1.36. The zero-order valence-electron chi connectivity index (χ0n) is 17.5. The molecule has 168 valence electrons. The van der Waals surface area contributed by atoms with E-state index in [-0.39, 0.29) is 18.5 Å². The van der Waals surface area contributed by atoms with Gasteiger partial charge in [0.05, 0.1) is 6.61 Å². The average Bonchev–Trinajstić information content (AvgIpc) is 2.66. The number of aliphatic hydroxyl groups is 5. The summed E-state index contributed by atoms with van der Waals surface area (Å²) in [6, 6.07) is 0. The van der Waals surface area contributed by atoms with Crippen molar-refractivity contribution in [3.63, 3.8) is 0 Å². The van der Waals surface area contributed by atoms with Crippen LogP contribution in [0.5, 0.6) is 0 Å². The number of hydrogen-bond acceptors (Lipinski definition) is 9. The van der Waals surface area contributed by atoms with E-state index in [4.69, 9.17) is 9.84 Å². The van der Waals surface area contributed by atoms with Crippen molar-refractivity contribution >= 4 is 18.0 Å². The van der Waals surface area contributed by atoms with Crippen LogP contribution in [0.4, 0.5) is 0 Å². The first-order valence-electron chi connectivity index (χ1n) is 9.41. The van der Waals surface area contributed by atoms with Crippen LogP contribution in [-0.4, -0.2) is 80.2 Å². The summed E-state index contributed by atoms with van der Waals surface area (Å²) in [7, 11) is 0. The maximum absolute atomic E-state index is 12.0. The van der Waals surface area contributed by atoms with Crippen LogP contribution in [0, 0.1) is 5.41 Å². The van der Waals surface area contributed by atoms with Crippen molar-refractivity contribution in [1.82, 2.24) is 0 Å². The van der Waals surface area contributed by atoms with Gasteiger partial charge in [-0.1, -0.05) is 19.9 Å². The van der Waals surface area contributed by atoms with Gasteiger partial charge in [-0.05, 0) is 37.1 Å². The third kappa shape index (κ3) is 5.93. The second-order valence-electron chi connectivity index (χ2n) is 8.11. The van der Waals surface area contributed by atoms with Gasteiger partial charge < -0.3 is 30.3 Å². The number of aliphatic hydroxyl groups excluding tert-OH is 4. The topological polar surface area (TPSA) is 162 Å². The summed E-state index contributed by atoms with van der Waals surface area (Å²) in [5.74, 6) is -1.09. The molecule has 0 fully saturated rings. The molecule has 0 heterocycles. The average molecular weight is 426 g/mol. The standard InChI is InChI=1S/C21H30O9/c1-12(5-6-21(29)13(2)8-14(24)9-20(21,3)4)7-17(26)30-16(11-23)19(28)18(27)15(25)10-22/h5-8,11,15-16,18-19,22,25,27-29H,9-10H2,1-4H3/t15-,16+,18-,19-,21?/m1/s1. The summed E-state index contributed by atoms with van der Waals surface area (Å²) >= 11 is 0. The molecular formula is C21H30O9. The Morgan fingerprint density at radius 3 is 2.37 bits per heavy atom. The van der Waals surface area contributed by atoms with E-state index < -0.39 is 48.0 Å². The normalized spacial score (nSPS) is 26.0. The SMILES string of the molecule is CC(C=CC1(O)C(C)=CC(=O)CC1(C)C)=CC(=O)O[C@@H](C=O)[C@@H](O)[C@H](O)[C@H](O)CO. The number of carbonyl (C=O) groups excluding carboxylic acids is 3. The van der Waals surface area contributed by atoms with Crippen molar-refractivity contribution in [2.75, 3.05) is 6.61 Å². The Balaban J connectivity index is 2.93.